The Balaban J connectivity index is 1.88. The Morgan fingerprint density at radius 1 is 1.35 bits per heavy atom. The van der Waals surface area contributed by atoms with E-state index in [-0.39, 0.29) is 5.72 Å². The molecule has 1 heterocycles. The van der Waals surface area contributed by atoms with Gasteiger partial charge in [0.1, 0.15) is 5.72 Å². The Kier molecular flexibility index (Phi) is 3.99. The second kappa shape index (κ2) is 5.15. The van der Waals surface area contributed by atoms with Crippen molar-refractivity contribution in [1.82, 2.24) is 5.32 Å². The average molecular weight is 274 g/mol. The molecule has 4 heteroatoms. The van der Waals surface area contributed by atoms with Gasteiger partial charge in [0.05, 0.1) is 16.7 Å². The van der Waals surface area contributed by atoms with Gasteiger partial charge < -0.3 is 4.74 Å². The van der Waals surface area contributed by atoms with Crippen LogP contribution in [-0.4, -0.2) is 18.4 Å². The van der Waals surface area contributed by atoms with Crippen LogP contribution >= 0.6 is 23.2 Å². The van der Waals surface area contributed by atoms with Gasteiger partial charge in [0, 0.05) is 6.04 Å². The number of ether oxygens (including phenoxy) is 1. The summed E-state index contributed by atoms with van der Waals surface area (Å²) in [5, 5.41) is 4.68. The molecule has 2 rings (SSSR count). The van der Waals surface area contributed by atoms with Gasteiger partial charge in [0.15, 0.2) is 0 Å². The molecule has 1 unspecified atom stereocenters. The largest absolute Gasteiger partial charge is 0.360 e. The fourth-order valence-corrected chi connectivity index (χ4v) is 2.40. The Bertz CT molecular complexity index is 406. The molecule has 0 bridgehead atoms. The van der Waals surface area contributed by atoms with Crippen molar-refractivity contribution in [3.8, 4) is 0 Å². The molecular weight excluding hydrogens is 257 g/mol. The van der Waals surface area contributed by atoms with Gasteiger partial charge in [0.2, 0.25) is 0 Å². The second-order valence-corrected chi connectivity index (χ2v) is 5.76. The lowest BCUT2D eigenvalue weighted by atomic mass is 10.1. The van der Waals surface area contributed by atoms with E-state index >= 15 is 0 Å². The predicted octanol–water partition coefficient (Wildman–Crippen LogP) is 3.65. The molecule has 1 saturated heterocycles. The van der Waals surface area contributed by atoms with E-state index in [2.05, 4.69) is 5.32 Å². The van der Waals surface area contributed by atoms with Crippen molar-refractivity contribution in [3.05, 3.63) is 33.8 Å². The van der Waals surface area contributed by atoms with Crippen LogP contribution in [0, 0.1) is 0 Å². The highest BCUT2D eigenvalue weighted by Crippen LogP contribution is 2.24. The predicted molar refractivity (Wildman–Crippen MR) is 71.7 cm³/mol. The zero-order valence-electron chi connectivity index (χ0n) is 10.1. The number of hydrogen-bond acceptors (Lipinski definition) is 2. The van der Waals surface area contributed by atoms with Crippen molar-refractivity contribution in [3.63, 3.8) is 0 Å². The van der Waals surface area contributed by atoms with Crippen molar-refractivity contribution in [2.24, 2.45) is 0 Å². The number of halogens is 2. The third-order valence-corrected chi connectivity index (χ3v) is 3.70. The fourth-order valence-electron chi connectivity index (χ4n) is 2.08. The molecule has 0 spiro atoms. The summed E-state index contributed by atoms with van der Waals surface area (Å²) in [7, 11) is 0. The van der Waals surface area contributed by atoms with E-state index in [9.17, 15) is 0 Å². The van der Waals surface area contributed by atoms with Gasteiger partial charge in [-0.05, 0) is 44.4 Å². The number of benzene rings is 1. The molecule has 0 amide bonds. The van der Waals surface area contributed by atoms with E-state index in [4.69, 9.17) is 27.9 Å². The summed E-state index contributed by atoms with van der Waals surface area (Å²) in [6, 6.07) is 6.22. The van der Waals surface area contributed by atoms with Crippen molar-refractivity contribution in [1.29, 1.82) is 0 Å². The molecule has 1 N–H and O–H groups in total. The van der Waals surface area contributed by atoms with Gasteiger partial charge in [-0.3, -0.25) is 5.32 Å². The first kappa shape index (κ1) is 13.2. The third-order valence-electron chi connectivity index (χ3n) is 2.96. The van der Waals surface area contributed by atoms with Crippen LogP contribution in [0.1, 0.15) is 25.8 Å². The zero-order valence-corrected chi connectivity index (χ0v) is 11.6. The summed E-state index contributed by atoms with van der Waals surface area (Å²) in [5.74, 6) is 0. The quantitative estimate of drug-likeness (QED) is 0.908. The van der Waals surface area contributed by atoms with E-state index < -0.39 is 0 Å². The normalized spacial score (nSPS) is 22.9. The van der Waals surface area contributed by atoms with Crippen LogP contribution in [0.2, 0.25) is 10.0 Å². The molecule has 94 valence electrons. The highest BCUT2D eigenvalue weighted by Gasteiger charge is 2.30. The Hall–Kier alpha value is -0.280. The molecule has 1 aliphatic heterocycles. The highest BCUT2D eigenvalue weighted by atomic mass is 35.5. The standard InChI is InChI=1S/C13H17Cl2NO/c1-13(2)16-10(8-17-13)5-3-9-4-6-11(14)12(15)7-9/h4,6-7,10,16H,3,5,8H2,1-2H3. The van der Waals surface area contributed by atoms with Gasteiger partial charge in [-0.1, -0.05) is 29.3 Å². The molecule has 0 radical (unpaired) electrons. The topological polar surface area (TPSA) is 21.3 Å². The van der Waals surface area contributed by atoms with E-state index in [1.807, 2.05) is 32.0 Å². The zero-order chi connectivity index (χ0) is 12.5. The lowest BCUT2D eigenvalue weighted by Gasteiger charge is -2.18. The number of hydrogen-bond donors (Lipinski definition) is 1. The first-order chi connectivity index (χ1) is 7.96. The molecule has 1 aliphatic rings. The molecule has 1 fully saturated rings. The van der Waals surface area contributed by atoms with Gasteiger partial charge in [-0.15, -0.1) is 0 Å². The first-order valence-electron chi connectivity index (χ1n) is 5.82. The molecular formula is C13H17Cl2NO. The molecule has 1 aromatic rings. The number of aryl methyl sites for hydroxylation is 1. The summed E-state index contributed by atoms with van der Waals surface area (Å²) in [5.41, 5.74) is 1.02. The van der Waals surface area contributed by atoms with E-state index in [0.29, 0.717) is 16.1 Å². The highest BCUT2D eigenvalue weighted by molar-refractivity contribution is 6.42. The number of rotatable bonds is 3. The van der Waals surface area contributed by atoms with Crippen LogP contribution in [0.25, 0.3) is 0 Å². The van der Waals surface area contributed by atoms with Crippen LogP contribution in [-0.2, 0) is 11.2 Å². The van der Waals surface area contributed by atoms with Crippen LogP contribution in [0.5, 0.6) is 0 Å². The molecule has 0 aromatic heterocycles. The van der Waals surface area contributed by atoms with Crippen LogP contribution in [0.15, 0.2) is 18.2 Å². The summed E-state index contributed by atoms with van der Waals surface area (Å²) < 4.78 is 5.63. The second-order valence-electron chi connectivity index (χ2n) is 4.95. The van der Waals surface area contributed by atoms with Gasteiger partial charge in [-0.25, -0.2) is 0 Å². The van der Waals surface area contributed by atoms with Gasteiger partial charge in [0.25, 0.3) is 0 Å². The van der Waals surface area contributed by atoms with Gasteiger partial charge >= 0.3 is 0 Å². The van der Waals surface area contributed by atoms with E-state index in [1.54, 1.807) is 0 Å². The molecule has 17 heavy (non-hydrogen) atoms. The first-order valence-corrected chi connectivity index (χ1v) is 6.57. The maximum absolute atomic E-state index is 5.98. The molecule has 0 aliphatic carbocycles. The van der Waals surface area contributed by atoms with Crippen LogP contribution < -0.4 is 5.32 Å². The summed E-state index contributed by atoms with van der Waals surface area (Å²) in [6.45, 7) is 4.87. The molecule has 2 nitrogen and oxygen atoms in total. The Morgan fingerprint density at radius 2 is 2.12 bits per heavy atom. The molecule has 1 aromatic carbocycles. The summed E-state index contributed by atoms with van der Waals surface area (Å²) in [4.78, 5) is 0. The van der Waals surface area contributed by atoms with Crippen molar-refractivity contribution in [2.75, 3.05) is 6.61 Å². The lowest BCUT2D eigenvalue weighted by Crippen LogP contribution is -2.38. The third kappa shape index (κ3) is 3.59. The molecule has 0 saturated carbocycles. The fraction of sp³-hybridized carbons (Fsp3) is 0.538. The maximum atomic E-state index is 5.98. The van der Waals surface area contributed by atoms with Crippen molar-refractivity contribution in [2.45, 2.75) is 38.5 Å². The molecule has 1 atom stereocenters. The summed E-state index contributed by atoms with van der Waals surface area (Å²) >= 11 is 11.9. The summed E-state index contributed by atoms with van der Waals surface area (Å²) in [6.07, 6.45) is 2.02. The van der Waals surface area contributed by atoms with E-state index in [0.717, 1.165) is 19.4 Å². The minimum atomic E-state index is -0.192. The smallest absolute Gasteiger partial charge is 0.113 e. The van der Waals surface area contributed by atoms with Crippen LogP contribution in [0.3, 0.4) is 0 Å². The number of nitrogens with one attached hydrogen (secondary N) is 1. The Morgan fingerprint density at radius 3 is 2.71 bits per heavy atom. The van der Waals surface area contributed by atoms with Crippen LogP contribution in [0.4, 0.5) is 0 Å². The van der Waals surface area contributed by atoms with E-state index in [1.165, 1.54) is 5.56 Å². The van der Waals surface area contributed by atoms with Crippen molar-refractivity contribution < 1.29 is 4.74 Å². The minimum Gasteiger partial charge on any atom is -0.360 e. The maximum Gasteiger partial charge on any atom is 0.113 e. The minimum absolute atomic E-state index is 0.192. The van der Waals surface area contributed by atoms with Crippen molar-refractivity contribution >= 4 is 23.2 Å². The van der Waals surface area contributed by atoms with Gasteiger partial charge in [-0.2, -0.15) is 0 Å². The average Bonchev–Trinajstić information content (AvgIpc) is 2.60. The SMILES string of the molecule is CC1(C)NC(CCc2ccc(Cl)c(Cl)c2)CO1. The Labute approximate surface area is 112 Å². The monoisotopic (exact) mass is 273 g/mol. The lowest BCUT2D eigenvalue weighted by molar-refractivity contribution is 0.0231.